The summed E-state index contributed by atoms with van der Waals surface area (Å²) in [4.78, 5) is 10.3. The number of carboxylic acid groups (broad SMARTS) is 1. The maximum atomic E-state index is 10.3. The van der Waals surface area contributed by atoms with Gasteiger partial charge in [0.15, 0.2) is 0 Å². The van der Waals surface area contributed by atoms with E-state index in [1.807, 2.05) is 0 Å². The van der Waals surface area contributed by atoms with Crippen LogP contribution in [0.1, 0.15) is 110 Å². The molecule has 0 bridgehead atoms. The fourth-order valence-electron chi connectivity index (χ4n) is 2.91. The first-order valence-corrected chi connectivity index (χ1v) is 11.3. The van der Waals surface area contributed by atoms with Crippen molar-refractivity contribution in [3.05, 3.63) is 11.5 Å². The molecular weight excluding hydrogens is 316 g/mol. The Bertz CT molecular complexity index is 290. The zero-order valence-corrected chi connectivity index (χ0v) is 16.8. The van der Waals surface area contributed by atoms with Crippen LogP contribution >= 0.6 is 11.8 Å². The molecule has 0 atom stereocenters. The molecule has 1 N–H and O–H groups in total. The van der Waals surface area contributed by atoms with Gasteiger partial charge in [-0.1, -0.05) is 103 Å². The van der Waals surface area contributed by atoms with Gasteiger partial charge in [-0.05, 0) is 17.6 Å². The van der Waals surface area contributed by atoms with Crippen molar-refractivity contribution < 1.29 is 9.90 Å². The van der Waals surface area contributed by atoms with Crippen LogP contribution in [0.5, 0.6) is 0 Å². The molecule has 3 heteroatoms. The van der Waals surface area contributed by atoms with Gasteiger partial charge in [0, 0.05) is 6.08 Å². The van der Waals surface area contributed by atoms with Gasteiger partial charge in [-0.2, -0.15) is 0 Å². The quantitative estimate of drug-likeness (QED) is 0.191. The normalized spacial score (nSPS) is 11.4. The van der Waals surface area contributed by atoms with Gasteiger partial charge in [0.25, 0.3) is 0 Å². The summed E-state index contributed by atoms with van der Waals surface area (Å²) in [5.74, 6) is 0.192. The van der Waals surface area contributed by atoms with E-state index in [9.17, 15) is 4.79 Å². The predicted molar refractivity (Wildman–Crippen MR) is 109 cm³/mol. The molecule has 2 nitrogen and oxygen atoms in total. The van der Waals surface area contributed by atoms with Crippen molar-refractivity contribution in [3.8, 4) is 0 Å². The van der Waals surface area contributed by atoms with Gasteiger partial charge in [-0.25, -0.2) is 4.79 Å². The van der Waals surface area contributed by atoms with Crippen LogP contribution in [0, 0.1) is 0 Å². The van der Waals surface area contributed by atoms with E-state index < -0.39 is 5.97 Å². The monoisotopic (exact) mass is 356 g/mol. The number of unbranched alkanes of at least 4 members (excludes halogenated alkanes) is 15. The van der Waals surface area contributed by atoms with Crippen molar-refractivity contribution in [1.29, 1.82) is 0 Å². The number of hydrogen-bond acceptors (Lipinski definition) is 2. The minimum Gasteiger partial charge on any atom is -0.478 e. The second kappa shape index (κ2) is 20.6. The Kier molecular flexibility index (Phi) is 20.2. The van der Waals surface area contributed by atoms with Crippen molar-refractivity contribution in [2.24, 2.45) is 0 Å². The number of hydrogen-bond donors (Lipinski definition) is 1. The zero-order valence-electron chi connectivity index (χ0n) is 15.9. The maximum absolute atomic E-state index is 10.3. The SMILES string of the molecule is CCCCCCCCCCCCCCCCCCSC=CC(=O)O. The van der Waals surface area contributed by atoms with E-state index in [1.54, 1.807) is 17.2 Å². The summed E-state index contributed by atoms with van der Waals surface area (Å²) in [5, 5.41) is 10.1. The fraction of sp³-hybridized carbons (Fsp3) is 0.857. The lowest BCUT2D eigenvalue weighted by molar-refractivity contribution is -0.131. The van der Waals surface area contributed by atoms with Crippen molar-refractivity contribution >= 4 is 17.7 Å². The number of aliphatic carboxylic acids is 1. The molecule has 0 aromatic rings. The highest BCUT2D eigenvalue weighted by molar-refractivity contribution is 8.02. The van der Waals surface area contributed by atoms with E-state index in [-0.39, 0.29) is 0 Å². The van der Waals surface area contributed by atoms with Crippen LogP contribution in [0.4, 0.5) is 0 Å². The summed E-state index contributed by atoms with van der Waals surface area (Å²) in [6.07, 6.45) is 23.5. The van der Waals surface area contributed by atoms with Crippen LogP contribution < -0.4 is 0 Å². The minimum absolute atomic E-state index is 0.852. The van der Waals surface area contributed by atoms with Crippen LogP contribution in [0.25, 0.3) is 0 Å². The van der Waals surface area contributed by atoms with E-state index in [1.165, 1.54) is 109 Å². The van der Waals surface area contributed by atoms with Gasteiger partial charge in [-0.15, -0.1) is 11.8 Å². The first-order chi connectivity index (χ1) is 11.8. The van der Waals surface area contributed by atoms with Crippen LogP contribution in [0.2, 0.25) is 0 Å². The smallest absolute Gasteiger partial charge is 0.328 e. The van der Waals surface area contributed by atoms with E-state index in [0.717, 1.165) is 5.75 Å². The minimum atomic E-state index is -0.852. The molecule has 0 unspecified atom stereocenters. The van der Waals surface area contributed by atoms with Gasteiger partial charge in [0.1, 0.15) is 0 Å². The highest BCUT2D eigenvalue weighted by atomic mass is 32.2. The molecular formula is C21H40O2S. The van der Waals surface area contributed by atoms with E-state index in [2.05, 4.69) is 6.92 Å². The molecule has 0 radical (unpaired) electrons. The Morgan fingerprint density at radius 1 is 0.708 bits per heavy atom. The molecule has 24 heavy (non-hydrogen) atoms. The highest BCUT2D eigenvalue weighted by Crippen LogP contribution is 2.14. The molecule has 0 spiro atoms. The van der Waals surface area contributed by atoms with Crippen LogP contribution in [-0.4, -0.2) is 16.8 Å². The third-order valence-corrected chi connectivity index (χ3v) is 5.28. The summed E-state index contributed by atoms with van der Waals surface area (Å²) >= 11 is 1.61. The molecule has 0 aliphatic heterocycles. The summed E-state index contributed by atoms with van der Waals surface area (Å²) in [6, 6.07) is 0. The second-order valence-electron chi connectivity index (χ2n) is 6.82. The second-order valence-corrected chi connectivity index (χ2v) is 7.83. The van der Waals surface area contributed by atoms with Crippen molar-refractivity contribution in [3.63, 3.8) is 0 Å². The molecule has 0 heterocycles. The van der Waals surface area contributed by atoms with Gasteiger partial charge >= 0.3 is 5.97 Å². The number of carbonyl (C=O) groups is 1. The van der Waals surface area contributed by atoms with E-state index >= 15 is 0 Å². The summed E-state index contributed by atoms with van der Waals surface area (Å²) < 4.78 is 0. The molecule has 0 aliphatic rings. The van der Waals surface area contributed by atoms with Crippen LogP contribution in [-0.2, 0) is 4.79 Å². The first-order valence-electron chi connectivity index (χ1n) is 10.3. The van der Waals surface area contributed by atoms with E-state index in [0.29, 0.717) is 0 Å². The Labute approximate surface area is 154 Å². The van der Waals surface area contributed by atoms with Gasteiger partial charge in [-0.3, -0.25) is 0 Å². The molecule has 142 valence electrons. The molecule has 0 saturated heterocycles. The Balaban J connectivity index is 3.01. The predicted octanol–water partition coefficient (Wildman–Crippen LogP) is 7.58. The summed E-state index contributed by atoms with van der Waals surface area (Å²) in [7, 11) is 0. The van der Waals surface area contributed by atoms with Crippen LogP contribution in [0.3, 0.4) is 0 Å². The van der Waals surface area contributed by atoms with Crippen molar-refractivity contribution in [2.75, 3.05) is 5.75 Å². The zero-order chi connectivity index (χ0) is 17.7. The molecule has 0 amide bonds. The molecule has 0 fully saturated rings. The van der Waals surface area contributed by atoms with Crippen LogP contribution in [0.15, 0.2) is 11.5 Å². The summed E-state index contributed by atoms with van der Waals surface area (Å²) in [6.45, 7) is 2.28. The van der Waals surface area contributed by atoms with Gasteiger partial charge in [0.05, 0.1) is 0 Å². The molecule has 0 aliphatic carbocycles. The standard InChI is InChI=1S/C21H40O2S/c1-2-3-4-5-6-7-8-9-10-11-12-13-14-15-16-17-19-24-20-18-21(22)23/h18,20H,2-17,19H2,1H3,(H,22,23). The first kappa shape index (κ1) is 23.6. The molecule has 0 aromatic carbocycles. The van der Waals surface area contributed by atoms with Gasteiger partial charge in [0.2, 0.25) is 0 Å². The lowest BCUT2D eigenvalue weighted by Crippen LogP contribution is -1.85. The molecule has 0 saturated carbocycles. The lowest BCUT2D eigenvalue weighted by Gasteiger charge is -2.03. The average molecular weight is 357 g/mol. The molecule has 0 rings (SSSR count). The number of thioether (sulfide) groups is 1. The largest absolute Gasteiger partial charge is 0.478 e. The number of carboxylic acids is 1. The maximum Gasteiger partial charge on any atom is 0.328 e. The topological polar surface area (TPSA) is 37.3 Å². The van der Waals surface area contributed by atoms with E-state index in [4.69, 9.17) is 5.11 Å². The third kappa shape index (κ3) is 21.6. The fourth-order valence-corrected chi connectivity index (χ4v) is 3.63. The Morgan fingerprint density at radius 3 is 1.46 bits per heavy atom. The van der Waals surface area contributed by atoms with Crippen molar-refractivity contribution in [2.45, 2.75) is 110 Å². The van der Waals surface area contributed by atoms with Gasteiger partial charge < -0.3 is 5.11 Å². The highest BCUT2D eigenvalue weighted by Gasteiger charge is 1.94. The Hall–Kier alpha value is -0.440. The lowest BCUT2D eigenvalue weighted by atomic mass is 10.0. The summed E-state index contributed by atoms with van der Waals surface area (Å²) in [5.41, 5.74) is 0. The van der Waals surface area contributed by atoms with Crippen molar-refractivity contribution in [1.82, 2.24) is 0 Å². The third-order valence-electron chi connectivity index (χ3n) is 4.42. The Morgan fingerprint density at radius 2 is 1.08 bits per heavy atom. The number of rotatable bonds is 19. The molecule has 0 aromatic heterocycles. The average Bonchev–Trinajstić information content (AvgIpc) is 2.56.